The molecule has 1 aliphatic heterocycles. The van der Waals surface area contributed by atoms with Crippen molar-refractivity contribution in [3.63, 3.8) is 0 Å². The van der Waals surface area contributed by atoms with Crippen LogP contribution in [0.15, 0.2) is 0 Å². The minimum Gasteiger partial charge on any atom is -0.465 e. The number of hydrogen-bond acceptors (Lipinski definition) is 3. The van der Waals surface area contributed by atoms with Gasteiger partial charge in [0.05, 0.1) is 12.6 Å². The Labute approximate surface area is 107 Å². The first-order valence-corrected chi connectivity index (χ1v) is 6.88. The molecule has 2 aliphatic rings. The summed E-state index contributed by atoms with van der Waals surface area (Å²) < 4.78 is 0. The second-order valence-electron chi connectivity index (χ2n) is 5.71. The van der Waals surface area contributed by atoms with Crippen LogP contribution in [0.2, 0.25) is 0 Å². The van der Waals surface area contributed by atoms with Crippen LogP contribution in [0.3, 0.4) is 0 Å². The predicted molar refractivity (Wildman–Crippen MR) is 66.2 cm³/mol. The minimum absolute atomic E-state index is 0.236. The number of amides is 1. The highest BCUT2D eigenvalue weighted by molar-refractivity contribution is 5.65. The van der Waals surface area contributed by atoms with Crippen molar-refractivity contribution in [3.8, 4) is 0 Å². The van der Waals surface area contributed by atoms with Crippen LogP contribution in [0.5, 0.6) is 0 Å². The fraction of sp³-hybridized carbons (Fsp3) is 0.923. The smallest absolute Gasteiger partial charge is 0.407 e. The van der Waals surface area contributed by atoms with Gasteiger partial charge in [-0.1, -0.05) is 0 Å². The Morgan fingerprint density at radius 3 is 2.33 bits per heavy atom. The van der Waals surface area contributed by atoms with Gasteiger partial charge in [0.1, 0.15) is 0 Å². The average Bonchev–Trinajstić information content (AvgIpc) is 2.38. The third-order valence-corrected chi connectivity index (χ3v) is 4.66. The van der Waals surface area contributed by atoms with Crippen LogP contribution in [0.4, 0.5) is 4.79 Å². The van der Waals surface area contributed by atoms with Crippen LogP contribution < -0.4 is 0 Å². The van der Waals surface area contributed by atoms with Crippen LogP contribution in [0.1, 0.15) is 32.1 Å². The number of likely N-dealkylation sites (tertiary alicyclic amines) is 1. The normalized spacial score (nSPS) is 37.6. The van der Waals surface area contributed by atoms with E-state index in [2.05, 4.69) is 0 Å². The van der Waals surface area contributed by atoms with Gasteiger partial charge in [-0.25, -0.2) is 4.79 Å². The molecule has 0 spiro atoms. The van der Waals surface area contributed by atoms with E-state index in [0.29, 0.717) is 18.4 Å². The maximum atomic E-state index is 10.9. The van der Waals surface area contributed by atoms with Gasteiger partial charge in [-0.2, -0.15) is 0 Å². The standard InChI is InChI=1S/C13H23NO4/c15-8-9-1-3-10(4-2-9)11-5-6-14(13(17)18)7-12(11)16/h9-12,15-16H,1-8H2,(H,17,18). The monoisotopic (exact) mass is 257 g/mol. The molecule has 1 saturated heterocycles. The van der Waals surface area contributed by atoms with Gasteiger partial charge in [-0.15, -0.1) is 0 Å². The molecule has 3 N–H and O–H groups in total. The molecule has 2 atom stereocenters. The molecular weight excluding hydrogens is 234 g/mol. The van der Waals surface area contributed by atoms with E-state index in [-0.39, 0.29) is 19.1 Å². The highest BCUT2D eigenvalue weighted by Gasteiger charge is 2.36. The summed E-state index contributed by atoms with van der Waals surface area (Å²) in [5, 5.41) is 28.1. The molecule has 5 nitrogen and oxygen atoms in total. The average molecular weight is 257 g/mol. The predicted octanol–water partition coefficient (Wildman–Crippen LogP) is 1.15. The summed E-state index contributed by atoms with van der Waals surface area (Å²) in [6.45, 7) is 1.06. The zero-order chi connectivity index (χ0) is 13.1. The molecule has 0 radical (unpaired) electrons. The number of nitrogens with zero attached hydrogens (tertiary/aromatic N) is 1. The minimum atomic E-state index is -0.934. The molecule has 0 aromatic heterocycles. The highest BCUT2D eigenvalue weighted by Crippen LogP contribution is 2.37. The van der Waals surface area contributed by atoms with E-state index in [1.807, 2.05) is 0 Å². The first kappa shape index (κ1) is 13.6. The van der Waals surface area contributed by atoms with E-state index in [4.69, 9.17) is 10.2 Å². The fourth-order valence-electron chi connectivity index (χ4n) is 3.47. The second kappa shape index (κ2) is 5.89. The molecule has 2 unspecified atom stereocenters. The summed E-state index contributed by atoms with van der Waals surface area (Å²) in [6, 6.07) is 0. The van der Waals surface area contributed by atoms with Crippen molar-refractivity contribution in [1.82, 2.24) is 4.90 Å². The van der Waals surface area contributed by atoms with Gasteiger partial charge in [0, 0.05) is 13.2 Å². The molecule has 1 amide bonds. The molecule has 5 heteroatoms. The van der Waals surface area contributed by atoms with Gasteiger partial charge in [0.25, 0.3) is 0 Å². The van der Waals surface area contributed by atoms with Gasteiger partial charge < -0.3 is 20.2 Å². The summed E-state index contributed by atoms with van der Waals surface area (Å²) >= 11 is 0. The lowest BCUT2D eigenvalue weighted by atomic mass is 9.72. The van der Waals surface area contributed by atoms with E-state index in [1.165, 1.54) is 4.90 Å². The number of carbonyl (C=O) groups is 1. The van der Waals surface area contributed by atoms with Crippen LogP contribution >= 0.6 is 0 Å². The Morgan fingerprint density at radius 1 is 1.17 bits per heavy atom. The number of β-amino-alcohol motifs (C(OH)–C–C–N with tert-alkyl or cyclic N) is 1. The van der Waals surface area contributed by atoms with Gasteiger partial charge in [0.15, 0.2) is 0 Å². The molecule has 0 bridgehead atoms. The summed E-state index contributed by atoms with van der Waals surface area (Å²) in [7, 11) is 0. The molecular formula is C13H23NO4. The van der Waals surface area contributed by atoms with Crippen LogP contribution in [0.25, 0.3) is 0 Å². The van der Waals surface area contributed by atoms with Crippen LogP contribution in [0, 0.1) is 17.8 Å². The number of carboxylic acid groups (broad SMARTS) is 1. The maximum absolute atomic E-state index is 10.9. The van der Waals surface area contributed by atoms with Gasteiger partial charge in [0.2, 0.25) is 0 Å². The summed E-state index contributed by atoms with van der Waals surface area (Å²) in [5.41, 5.74) is 0. The van der Waals surface area contributed by atoms with Gasteiger partial charge >= 0.3 is 6.09 Å². The van der Waals surface area contributed by atoms with Crippen LogP contribution in [-0.2, 0) is 0 Å². The SMILES string of the molecule is O=C(O)N1CCC(C2CCC(CO)CC2)C(O)C1. The quantitative estimate of drug-likeness (QED) is 0.693. The molecule has 104 valence electrons. The zero-order valence-electron chi connectivity index (χ0n) is 10.7. The van der Waals surface area contributed by atoms with Crippen molar-refractivity contribution in [2.24, 2.45) is 17.8 Å². The number of hydrogen-bond donors (Lipinski definition) is 3. The van der Waals surface area contributed by atoms with Crippen molar-refractivity contribution in [2.45, 2.75) is 38.2 Å². The van der Waals surface area contributed by atoms with Crippen molar-refractivity contribution in [1.29, 1.82) is 0 Å². The lowest BCUT2D eigenvalue weighted by molar-refractivity contribution is -0.0117. The van der Waals surface area contributed by atoms with Crippen LogP contribution in [-0.4, -0.2) is 52.1 Å². The van der Waals surface area contributed by atoms with Crippen molar-refractivity contribution in [2.75, 3.05) is 19.7 Å². The maximum Gasteiger partial charge on any atom is 0.407 e. The van der Waals surface area contributed by atoms with Crippen molar-refractivity contribution in [3.05, 3.63) is 0 Å². The third-order valence-electron chi connectivity index (χ3n) is 4.66. The zero-order valence-corrected chi connectivity index (χ0v) is 10.7. The Kier molecular flexibility index (Phi) is 4.45. The highest BCUT2D eigenvalue weighted by atomic mass is 16.4. The summed E-state index contributed by atoms with van der Waals surface area (Å²) in [5.74, 6) is 1.16. The van der Waals surface area contributed by atoms with E-state index >= 15 is 0 Å². The number of aliphatic hydroxyl groups excluding tert-OH is 2. The first-order valence-electron chi connectivity index (χ1n) is 6.88. The van der Waals surface area contributed by atoms with Gasteiger partial charge in [-0.3, -0.25) is 0 Å². The second-order valence-corrected chi connectivity index (χ2v) is 5.71. The molecule has 0 aromatic rings. The third kappa shape index (κ3) is 2.95. The first-order chi connectivity index (χ1) is 8.61. The number of aliphatic hydroxyl groups is 2. The molecule has 1 aliphatic carbocycles. The molecule has 0 aromatic carbocycles. The van der Waals surface area contributed by atoms with E-state index in [9.17, 15) is 9.90 Å². The Hall–Kier alpha value is -0.810. The largest absolute Gasteiger partial charge is 0.465 e. The van der Waals surface area contributed by atoms with Crippen molar-refractivity contribution >= 4 is 6.09 Å². The van der Waals surface area contributed by atoms with Crippen molar-refractivity contribution < 1.29 is 20.1 Å². The Balaban J connectivity index is 1.85. The molecule has 1 saturated carbocycles. The molecule has 1 heterocycles. The summed E-state index contributed by atoms with van der Waals surface area (Å²) in [6.07, 6.45) is 3.49. The van der Waals surface area contributed by atoms with E-state index in [1.54, 1.807) is 0 Å². The van der Waals surface area contributed by atoms with E-state index in [0.717, 1.165) is 32.1 Å². The lowest BCUT2D eigenvalue weighted by Crippen LogP contribution is -2.48. The summed E-state index contributed by atoms with van der Waals surface area (Å²) in [4.78, 5) is 12.2. The molecule has 18 heavy (non-hydrogen) atoms. The Morgan fingerprint density at radius 2 is 1.83 bits per heavy atom. The topological polar surface area (TPSA) is 81.0 Å². The lowest BCUT2D eigenvalue weighted by Gasteiger charge is -2.41. The van der Waals surface area contributed by atoms with Gasteiger partial charge in [-0.05, 0) is 49.9 Å². The molecule has 2 fully saturated rings. The molecule has 2 rings (SSSR count). The van der Waals surface area contributed by atoms with E-state index < -0.39 is 12.2 Å². The number of rotatable bonds is 2. The Bertz CT molecular complexity index is 289. The fourth-order valence-corrected chi connectivity index (χ4v) is 3.47. The number of piperidine rings is 1.